The van der Waals surface area contributed by atoms with E-state index in [4.69, 9.17) is 5.73 Å². The molecule has 0 bridgehead atoms. The summed E-state index contributed by atoms with van der Waals surface area (Å²) in [7, 11) is 0. The van der Waals surface area contributed by atoms with Crippen molar-refractivity contribution in [1.29, 1.82) is 0 Å². The molecule has 2 rings (SSSR count). The lowest BCUT2D eigenvalue weighted by Gasteiger charge is -2.22. The van der Waals surface area contributed by atoms with Crippen molar-refractivity contribution >= 4 is 0 Å². The molecular weight excluding hydrogens is 210 g/mol. The Morgan fingerprint density at radius 1 is 1.44 bits per heavy atom. The number of halogens is 2. The van der Waals surface area contributed by atoms with Crippen molar-refractivity contribution in [1.82, 2.24) is 4.90 Å². The molecule has 0 fully saturated rings. The van der Waals surface area contributed by atoms with Crippen LogP contribution in [0.3, 0.4) is 0 Å². The predicted octanol–water partition coefficient (Wildman–Crippen LogP) is 2.19. The van der Waals surface area contributed by atoms with Crippen LogP contribution < -0.4 is 5.73 Å². The summed E-state index contributed by atoms with van der Waals surface area (Å²) in [5.41, 5.74) is 6.99. The SMILES string of the molecule is CCCN1Cc2cc(F)cc(F)c2C1CN. The fourth-order valence-electron chi connectivity index (χ4n) is 2.44. The Balaban J connectivity index is 2.38. The number of rotatable bonds is 3. The van der Waals surface area contributed by atoms with Crippen LogP contribution >= 0.6 is 0 Å². The van der Waals surface area contributed by atoms with Gasteiger partial charge in [0, 0.05) is 24.7 Å². The first-order valence-electron chi connectivity index (χ1n) is 5.59. The van der Waals surface area contributed by atoms with Gasteiger partial charge < -0.3 is 5.73 Å². The molecule has 16 heavy (non-hydrogen) atoms. The summed E-state index contributed by atoms with van der Waals surface area (Å²) in [5.74, 6) is -0.977. The minimum atomic E-state index is -0.509. The minimum absolute atomic E-state index is 0.101. The molecule has 1 aromatic rings. The van der Waals surface area contributed by atoms with E-state index in [1.807, 2.05) is 0 Å². The number of benzene rings is 1. The van der Waals surface area contributed by atoms with E-state index in [1.165, 1.54) is 6.07 Å². The van der Waals surface area contributed by atoms with Crippen LogP contribution in [0.2, 0.25) is 0 Å². The molecule has 0 saturated carbocycles. The van der Waals surface area contributed by atoms with Crippen molar-refractivity contribution in [3.8, 4) is 0 Å². The van der Waals surface area contributed by atoms with Gasteiger partial charge in [-0.3, -0.25) is 4.90 Å². The number of nitrogens with two attached hydrogens (primary N) is 1. The van der Waals surface area contributed by atoms with Gasteiger partial charge >= 0.3 is 0 Å². The van der Waals surface area contributed by atoms with E-state index in [-0.39, 0.29) is 6.04 Å². The fourth-order valence-corrected chi connectivity index (χ4v) is 2.44. The third-order valence-electron chi connectivity index (χ3n) is 3.06. The van der Waals surface area contributed by atoms with E-state index in [9.17, 15) is 8.78 Å². The van der Waals surface area contributed by atoms with Gasteiger partial charge in [0.15, 0.2) is 0 Å². The van der Waals surface area contributed by atoms with Crippen LogP contribution in [0.5, 0.6) is 0 Å². The molecule has 0 amide bonds. The van der Waals surface area contributed by atoms with Crippen LogP contribution in [0.1, 0.15) is 30.5 Å². The number of fused-ring (bicyclic) bond motifs is 1. The molecule has 1 atom stereocenters. The van der Waals surface area contributed by atoms with Gasteiger partial charge in [0.25, 0.3) is 0 Å². The topological polar surface area (TPSA) is 29.3 Å². The molecule has 1 unspecified atom stereocenters. The summed E-state index contributed by atoms with van der Waals surface area (Å²) in [4.78, 5) is 2.10. The number of nitrogens with zero attached hydrogens (tertiary/aromatic N) is 1. The summed E-state index contributed by atoms with van der Waals surface area (Å²) in [6, 6.07) is 2.25. The zero-order valence-electron chi connectivity index (χ0n) is 9.34. The maximum Gasteiger partial charge on any atom is 0.131 e. The van der Waals surface area contributed by atoms with Gasteiger partial charge in [0.2, 0.25) is 0 Å². The first-order chi connectivity index (χ1) is 7.67. The molecule has 0 spiro atoms. The standard InChI is InChI=1S/C12H16F2N2/c1-2-3-16-7-8-4-9(13)5-10(14)12(8)11(16)6-15/h4-5,11H,2-3,6-7,15H2,1H3. The van der Waals surface area contributed by atoms with Gasteiger partial charge in [-0.25, -0.2) is 8.78 Å². The summed E-state index contributed by atoms with van der Waals surface area (Å²) < 4.78 is 26.8. The van der Waals surface area contributed by atoms with Crippen molar-refractivity contribution in [2.24, 2.45) is 5.73 Å². The first-order valence-corrected chi connectivity index (χ1v) is 5.59. The highest BCUT2D eigenvalue weighted by molar-refractivity contribution is 5.36. The van der Waals surface area contributed by atoms with E-state index >= 15 is 0 Å². The van der Waals surface area contributed by atoms with Crippen LogP contribution in [-0.4, -0.2) is 18.0 Å². The third-order valence-corrected chi connectivity index (χ3v) is 3.06. The Labute approximate surface area is 94.0 Å². The highest BCUT2D eigenvalue weighted by atomic mass is 19.1. The zero-order chi connectivity index (χ0) is 11.7. The predicted molar refractivity (Wildman–Crippen MR) is 58.9 cm³/mol. The quantitative estimate of drug-likeness (QED) is 0.856. The smallest absolute Gasteiger partial charge is 0.131 e. The van der Waals surface area contributed by atoms with E-state index in [0.29, 0.717) is 18.7 Å². The second-order valence-electron chi connectivity index (χ2n) is 4.18. The molecular formula is C12H16F2N2. The molecule has 88 valence electrons. The average Bonchev–Trinajstić information content (AvgIpc) is 2.56. The lowest BCUT2D eigenvalue weighted by Crippen LogP contribution is -2.28. The van der Waals surface area contributed by atoms with Gasteiger partial charge in [-0.15, -0.1) is 0 Å². The van der Waals surface area contributed by atoms with Gasteiger partial charge in [-0.2, -0.15) is 0 Å². The molecule has 0 radical (unpaired) electrons. The third kappa shape index (κ3) is 1.83. The lowest BCUT2D eigenvalue weighted by atomic mass is 10.0. The molecule has 1 heterocycles. The minimum Gasteiger partial charge on any atom is -0.329 e. The number of hydrogen-bond acceptors (Lipinski definition) is 2. The van der Waals surface area contributed by atoms with Gasteiger partial charge in [-0.1, -0.05) is 6.92 Å². The molecule has 0 saturated heterocycles. The molecule has 2 nitrogen and oxygen atoms in total. The van der Waals surface area contributed by atoms with Crippen LogP contribution in [0, 0.1) is 11.6 Å². The van der Waals surface area contributed by atoms with Crippen molar-refractivity contribution in [3.63, 3.8) is 0 Å². The Hall–Kier alpha value is -1.00. The number of hydrogen-bond donors (Lipinski definition) is 1. The van der Waals surface area contributed by atoms with Crippen LogP contribution in [0.25, 0.3) is 0 Å². The van der Waals surface area contributed by atoms with Crippen LogP contribution in [0.15, 0.2) is 12.1 Å². The Morgan fingerprint density at radius 2 is 2.19 bits per heavy atom. The molecule has 1 aliphatic heterocycles. The van der Waals surface area contributed by atoms with Crippen molar-refractivity contribution in [2.45, 2.75) is 25.9 Å². The zero-order valence-corrected chi connectivity index (χ0v) is 9.34. The van der Waals surface area contributed by atoms with Crippen molar-refractivity contribution in [2.75, 3.05) is 13.1 Å². The van der Waals surface area contributed by atoms with Gasteiger partial charge in [0.05, 0.1) is 6.04 Å². The van der Waals surface area contributed by atoms with Crippen LogP contribution in [-0.2, 0) is 6.54 Å². The summed E-state index contributed by atoms with van der Waals surface area (Å²) >= 11 is 0. The maximum atomic E-state index is 13.7. The molecule has 0 aliphatic carbocycles. The molecule has 1 aliphatic rings. The molecule has 0 aromatic heterocycles. The Morgan fingerprint density at radius 3 is 2.81 bits per heavy atom. The lowest BCUT2D eigenvalue weighted by molar-refractivity contribution is 0.218. The van der Waals surface area contributed by atoms with E-state index < -0.39 is 11.6 Å². The molecule has 4 heteroatoms. The molecule has 1 aromatic carbocycles. The van der Waals surface area contributed by atoms with Crippen LogP contribution in [0.4, 0.5) is 8.78 Å². The largest absolute Gasteiger partial charge is 0.329 e. The average molecular weight is 226 g/mol. The second kappa shape index (κ2) is 4.47. The van der Waals surface area contributed by atoms with Crippen molar-refractivity contribution < 1.29 is 8.78 Å². The fraction of sp³-hybridized carbons (Fsp3) is 0.500. The van der Waals surface area contributed by atoms with Gasteiger partial charge in [-0.05, 0) is 24.6 Å². The maximum absolute atomic E-state index is 13.7. The molecule has 2 N–H and O–H groups in total. The first kappa shape index (κ1) is 11.5. The van der Waals surface area contributed by atoms with Gasteiger partial charge in [0.1, 0.15) is 11.6 Å². The van der Waals surface area contributed by atoms with E-state index in [0.717, 1.165) is 24.6 Å². The summed E-state index contributed by atoms with van der Waals surface area (Å²) in [6.45, 7) is 3.89. The Kier molecular flexibility index (Phi) is 3.21. The normalized spacial score (nSPS) is 20.1. The second-order valence-corrected chi connectivity index (χ2v) is 4.18. The summed E-state index contributed by atoms with van der Waals surface area (Å²) in [6.07, 6.45) is 0.981. The summed E-state index contributed by atoms with van der Waals surface area (Å²) in [5, 5.41) is 0. The van der Waals surface area contributed by atoms with E-state index in [2.05, 4.69) is 11.8 Å². The van der Waals surface area contributed by atoms with E-state index in [1.54, 1.807) is 0 Å². The van der Waals surface area contributed by atoms with Crippen molar-refractivity contribution in [3.05, 3.63) is 34.9 Å². The highest BCUT2D eigenvalue weighted by Crippen LogP contribution is 2.35. The Bertz CT molecular complexity index is 393. The highest BCUT2D eigenvalue weighted by Gasteiger charge is 2.31. The monoisotopic (exact) mass is 226 g/mol.